The van der Waals surface area contributed by atoms with Gasteiger partial charge in [0.05, 0.1) is 6.10 Å². The molecule has 0 radical (unpaired) electrons. The van der Waals surface area contributed by atoms with Crippen LogP contribution in [0.5, 0.6) is 0 Å². The number of nitrogens with zero attached hydrogens (tertiary/aromatic N) is 2. The molecule has 1 heterocycles. The predicted octanol–water partition coefficient (Wildman–Crippen LogP) is 1.03. The molecule has 1 fully saturated rings. The quantitative estimate of drug-likeness (QED) is 0.740. The number of hydrogen-bond acceptors (Lipinski definition) is 3. The van der Waals surface area contributed by atoms with Gasteiger partial charge in [0.2, 0.25) is 0 Å². The Bertz CT molecular complexity index is 171. The summed E-state index contributed by atoms with van der Waals surface area (Å²) < 4.78 is 0. The van der Waals surface area contributed by atoms with Crippen LogP contribution in [0.3, 0.4) is 0 Å². The topological polar surface area (TPSA) is 26.7 Å². The Morgan fingerprint density at radius 1 is 1.33 bits per heavy atom. The van der Waals surface area contributed by atoms with Crippen LogP contribution in [0.2, 0.25) is 0 Å². The SMILES string of the molecule is CCN(CC)CCN1CCC(C)C(O)C1. The van der Waals surface area contributed by atoms with Gasteiger partial charge in [-0.3, -0.25) is 4.90 Å². The first-order valence-corrected chi connectivity index (χ1v) is 6.30. The van der Waals surface area contributed by atoms with Gasteiger partial charge in [-0.1, -0.05) is 20.8 Å². The lowest BCUT2D eigenvalue weighted by molar-refractivity contribution is 0.0258. The van der Waals surface area contributed by atoms with Crippen molar-refractivity contribution in [2.75, 3.05) is 39.3 Å². The van der Waals surface area contributed by atoms with Crippen molar-refractivity contribution in [1.29, 1.82) is 0 Å². The summed E-state index contributed by atoms with van der Waals surface area (Å²) in [6.07, 6.45) is 1.02. The van der Waals surface area contributed by atoms with Gasteiger partial charge in [0.1, 0.15) is 0 Å². The molecule has 1 saturated heterocycles. The first kappa shape index (κ1) is 12.9. The number of aliphatic hydroxyl groups excluding tert-OH is 1. The molecular formula is C12H26N2O. The largest absolute Gasteiger partial charge is 0.392 e. The van der Waals surface area contributed by atoms with Crippen LogP contribution >= 0.6 is 0 Å². The minimum Gasteiger partial charge on any atom is -0.392 e. The highest BCUT2D eigenvalue weighted by Crippen LogP contribution is 2.16. The van der Waals surface area contributed by atoms with Gasteiger partial charge in [0, 0.05) is 19.6 Å². The molecule has 0 spiro atoms. The fraction of sp³-hybridized carbons (Fsp3) is 1.00. The number of rotatable bonds is 5. The Labute approximate surface area is 94.1 Å². The summed E-state index contributed by atoms with van der Waals surface area (Å²) in [5.74, 6) is 0.481. The number of piperidine rings is 1. The van der Waals surface area contributed by atoms with E-state index in [-0.39, 0.29) is 6.10 Å². The van der Waals surface area contributed by atoms with Crippen molar-refractivity contribution in [3.8, 4) is 0 Å². The van der Waals surface area contributed by atoms with Gasteiger partial charge in [0.15, 0.2) is 0 Å². The highest BCUT2D eigenvalue weighted by molar-refractivity contribution is 4.77. The van der Waals surface area contributed by atoms with Crippen molar-refractivity contribution in [1.82, 2.24) is 9.80 Å². The highest BCUT2D eigenvalue weighted by atomic mass is 16.3. The van der Waals surface area contributed by atoms with Gasteiger partial charge in [0.25, 0.3) is 0 Å². The van der Waals surface area contributed by atoms with Crippen molar-refractivity contribution in [3.05, 3.63) is 0 Å². The normalized spacial score (nSPS) is 28.6. The summed E-state index contributed by atoms with van der Waals surface area (Å²) in [7, 11) is 0. The Morgan fingerprint density at radius 3 is 2.53 bits per heavy atom. The molecule has 1 rings (SSSR count). The van der Waals surface area contributed by atoms with E-state index in [0.717, 1.165) is 45.7 Å². The van der Waals surface area contributed by atoms with E-state index in [0.29, 0.717) is 5.92 Å². The maximum atomic E-state index is 9.77. The fourth-order valence-electron chi connectivity index (χ4n) is 2.14. The Balaban J connectivity index is 2.22. The number of likely N-dealkylation sites (tertiary alicyclic amines) is 1. The van der Waals surface area contributed by atoms with E-state index < -0.39 is 0 Å². The average molecular weight is 214 g/mol. The molecule has 0 aromatic rings. The zero-order valence-corrected chi connectivity index (χ0v) is 10.4. The second-order valence-corrected chi connectivity index (χ2v) is 4.66. The Morgan fingerprint density at radius 2 is 2.00 bits per heavy atom. The molecule has 1 aliphatic heterocycles. The number of hydrogen-bond donors (Lipinski definition) is 1. The minimum atomic E-state index is -0.115. The van der Waals surface area contributed by atoms with Gasteiger partial charge < -0.3 is 10.0 Å². The van der Waals surface area contributed by atoms with E-state index in [9.17, 15) is 5.11 Å². The van der Waals surface area contributed by atoms with Crippen LogP contribution in [-0.4, -0.2) is 60.3 Å². The summed E-state index contributed by atoms with van der Waals surface area (Å²) >= 11 is 0. The molecule has 2 atom stereocenters. The third kappa shape index (κ3) is 4.09. The standard InChI is InChI=1S/C12H26N2O/c1-4-13(5-2)8-9-14-7-6-11(3)12(15)10-14/h11-12,15H,4-10H2,1-3H3. The molecule has 0 saturated carbocycles. The first-order chi connectivity index (χ1) is 7.17. The van der Waals surface area contributed by atoms with Crippen LogP contribution < -0.4 is 0 Å². The van der Waals surface area contributed by atoms with Crippen molar-refractivity contribution in [2.45, 2.75) is 33.3 Å². The molecule has 0 aromatic carbocycles. The monoisotopic (exact) mass is 214 g/mol. The van der Waals surface area contributed by atoms with Crippen LogP contribution in [0.15, 0.2) is 0 Å². The van der Waals surface area contributed by atoms with Crippen LogP contribution in [-0.2, 0) is 0 Å². The van der Waals surface area contributed by atoms with E-state index in [1.165, 1.54) is 0 Å². The van der Waals surface area contributed by atoms with E-state index in [1.54, 1.807) is 0 Å². The molecule has 0 aromatic heterocycles. The summed E-state index contributed by atoms with van der Waals surface area (Å²) in [5.41, 5.74) is 0. The van der Waals surface area contributed by atoms with Crippen molar-refractivity contribution < 1.29 is 5.11 Å². The lowest BCUT2D eigenvalue weighted by Gasteiger charge is -2.35. The van der Waals surface area contributed by atoms with E-state index in [4.69, 9.17) is 0 Å². The number of aliphatic hydroxyl groups is 1. The third-order valence-corrected chi connectivity index (χ3v) is 3.63. The maximum Gasteiger partial charge on any atom is 0.0693 e. The van der Waals surface area contributed by atoms with Crippen LogP contribution in [0.4, 0.5) is 0 Å². The zero-order chi connectivity index (χ0) is 11.3. The Kier molecular flexibility index (Phi) is 5.58. The number of likely N-dealkylation sites (N-methyl/N-ethyl adjacent to an activating group) is 1. The molecule has 90 valence electrons. The smallest absolute Gasteiger partial charge is 0.0693 e. The van der Waals surface area contributed by atoms with Gasteiger partial charge >= 0.3 is 0 Å². The molecule has 3 heteroatoms. The van der Waals surface area contributed by atoms with E-state index >= 15 is 0 Å². The molecule has 15 heavy (non-hydrogen) atoms. The lowest BCUT2D eigenvalue weighted by Crippen LogP contribution is -2.45. The summed E-state index contributed by atoms with van der Waals surface area (Å²) in [4.78, 5) is 4.83. The van der Waals surface area contributed by atoms with Crippen LogP contribution in [0, 0.1) is 5.92 Å². The molecule has 3 nitrogen and oxygen atoms in total. The summed E-state index contributed by atoms with van der Waals surface area (Å²) in [5, 5.41) is 9.77. The highest BCUT2D eigenvalue weighted by Gasteiger charge is 2.23. The van der Waals surface area contributed by atoms with E-state index in [1.807, 2.05) is 0 Å². The molecule has 1 aliphatic rings. The van der Waals surface area contributed by atoms with Crippen molar-refractivity contribution in [2.24, 2.45) is 5.92 Å². The predicted molar refractivity (Wildman–Crippen MR) is 64.0 cm³/mol. The minimum absolute atomic E-state index is 0.115. The summed E-state index contributed by atoms with van der Waals surface area (Å²) in [6, 6.07) is 0. The Hall–Kier alpha value is -0.120. The van der Waals surface area contributed by atoms with Gasteiger partial charge in [-0.05, 0) is 32.0 Å². The second kappa shape index (κ2) is 6.46. The van der Waals surface area contributed by atoms with Gasteiger partial charge in [-0.15, -0.1) is 0 Å². The fourth-order valence-corrected chi connectivity index (χ4v) is 2.14. The summed E-state index contributed by atoms with van der Waals surface area (Å²) in [6.45, 7) is 13.1. The van der Waals surface area contributed by atoms with Crippen molar-refractivity contribution >= 4 is 0 Å². The zero-order valence-electron chi connectivity index (χ0n) is 10.4. The lowest BCUT2D eigenvalue weighted by atomic mass is 9.96. The molecular weight excluding hydrogens is 188 g/mol. The van der Waals surface area contributed by atoms with Crippen LogP contribution in [0.1, 0.15) is 27.2 Å². The first-order valence-electron chi connectivity index (χ1n) is 6.30. The maximum absolute atomic E-state index is 9.77. The molecule has 0 aliphatic carbocycles. The van der Waals surface area contributed by atoms with Crippen LogP contribution in [0.25, 0.3) is 0 Å². The molecule has 1 N–H and O–H groups in total. The molecule has 0 amide bonds. The average Bonchev–Trinajstić information content (AvgIpc) is 2.24. The van der Waals surface area contributed by atoms with Gasteiger partial charge in [-0.2, -0.15) is 0 Å². The number of β-amino-alcohol motifs (C(OH)–C–C–N with tert-alkyl or cyclic N) is 1. The second-order valence-electron chi connectivity index (χ2n) is 4.66. The van der Waals surface area contributed by atoms with Crippen molar-refractivity contribution in [3.63, 3.8) is 0 Å². The van der Waals surface area contributed by atoms with Gasteiger partial charge in [-0.25, -0.2) is 0 Å². The third-order valence-electron chi connectivity index (χ3n) is 3.63. The molecule has 0 bridgehead atoms. The van der Waals surface area contributed by atoms with E-state index in [2.05, 4.69) is 30.6 Å². The molecule has 2 unspecified atom stereocenters.